The van der Waals surface area contributed by atoms with Gasteiger partial charge in [0, 0.05) is 6.16 Å². The lowest BCUT2D eigenvalue weighted by Crippen LogP contribution is -2.25. The molecule has 0 saturated carbocycles. The van der Waals surface area contributed by atoms with Crippen molar-refractivity contribution in [3.63, 3.8) is 0 Å². The first-order valence-electron chi connectivity index (χ1n) is 4.69. The van der Waals surface area contributed by atoms with Crippen molar-refractivity contribution >= 4 is 7.60 Å². The smallest absolute Gasteiger partial charge is 0.324 e. The highest BCUT2D eigenvalue weighted by molar-refractivity contribution is 7.52. The summed E-state index contributed by atoms with van der Waals surface area (Å²) in [4.78, 5) is 9.38. The van der Waals surface area contributed by atoms with Crippen molar-refractivity contribution in [3.05, 3.63) is 0 Å². The van der Waals surface area contributed by atoms with Crippen molar-refractivity contribution in [1.29, 1.82) is 0 Å². The van der Waals surface area contributed by atoms with E-state index in [0.29, 0.717) is 6.42 Å². The van der Waals surface area contributed by atoms with Gasteiger partial charge in [0.1, 0.15) is 0 Å². The highest BCUT2D eigenvalue weighted by Crippen LogP contribution is 2.46. The molecule has 0 fully saturated rings. The zero-order valence-electron chi connectivity index (χ0n) is 9.20. The second-order valence-corrected chi connectivity index (χ2v) is 6.41. The van der Waals surface area contributed by atoms with Gasteiger partial charge in [-0.05, 0) is 18.8 Å². The molecule has 0 aromatic rings. The zero-order valence-corrected chi connectivity index (χ0v) is 10.1. The van der Waals surface area contributed by atoms with Gasteiger partial charge in [-0.15, -0.1) is 0 Å². The van der Waals surface area contributed by atoms with Crippen LogP contribution in [0.15, 0.2) is 0 Å². The standard InChI is InChI=1S/C9H21O3P/c1-6-7-13(10,11)12-8(2)9(3,4)5/h8H,6-7H2,1-5H3,(H,10,11). The Labute approximate surface area is 81.0 Å². The molecule has 4 heteroatoms. The average Bonchev–Trinajstić information content (AvgIpc) is 1.83. The highest BCUT2D eigenvalue weighted by Gasteiger charge is 2.28. The van der Waals surface area contributed by atoms with Crippen LogP contribution in [0.1, 0.15) is 41.0 Å². The monoisotopic (exact) mass is 208 g/mol. The summed E-state index contributed by atoms with van der Waals surface area (Å²) >= 11 is 0. The van der Waals surface area contributed by atoms with Crippen molar-refractivity contribution in [3.8, 4) is 0 Å². The van der Waals surface area contributed by atoms with Crippen molar-refractivity contribution in [1.82, 2.24) is 0 Å². The molecule has 0 aliphatic heterocycles. The molecule has 2 unspecified atom stereocenters. The molecule has 0 aromatic heterocycles. The van der Waals surface area contributed by atoms with E-state index < -0.39 is 7.60 Å². The molecule has 2 atom stereocenters. The van der Waals surface area contributed by atoms with E-state index in [1.54, 1.807) is 0 Å². The molecule has 0 aliphatic carbocycles. The third-order valence-corrected chi connectivity index (χ3v) is 3.71. The Balaban J connectivity index is 4.20. The van der Waals surface area contributed by atoms with Gasteiger partial charge in [0.05, 0.1) is 6.10 Å². The summed E-state index contributed by atoms with van der Waals surface area (Å²) < 4.78 is 16.6. The highest BCUT2D eigenvalue weighted by atomic mass is 31.2. The molecule has 0 saturated heterocycles. The van der Waals surface area contributed by atoms with Gasteiger partial charge in [-0.2, -0.15) is 0 Å². The molecule has 0 aromatic carbocycles. The van der Waals surface area contributed by atoms with Crippen LogP contribution in [0.2, 0.25) is 0 Å². The summed E-state index contributed by atoms with van der Waals surface area (Å²) in [6, 6.07) is 0. The van der Waals surface area contributed by atoms with E-state index in [9.17, 15) is 9.46 Å². The Hall–Kier alpha value is 0.150. The molecular weight excluding hydrogens is 187 g/mol. The van der Waals surface area contributed by atoms with Crippen molar-refractivity contribution in [2.75, 3.05) is 6.16 Å². The fraction of sp³-hybridized carbons (Fsp3) is 1.00. The molecule has 13 heavy (non-hydrogen) atoms. The van der Waals surface area contributed by atoms with Crippen molar-refractivity contribution in [2.24, 2.45) is 5.41 Å². The molecule has 0 amide bonds. The Kier molecular flexibility index (Phi) is 4.64. The van der Waals surface area contributed by atoms with Gasteiger partial charge >= 0.3 is 7.60 Å². The molecule has 1 N–H and O–H groups in total. The summed E-state index contributed by atoms with van der Waals surface area (Å²) in [5.74, 6) is 0. The second-order valence-electron chi connectivity index (χ2n) is 4.47. The van der Waals surface area contributed by atoms with E-state index in [4.69, 9.17) is 4.52 Å². The maximum Gasteiger partial charge on any atom is 0.328 e. The van der Waals surface area contributed by atoms with Crippen LogP contribution in [0.5, 0.6) is 0 Å². The fourth-order valence-corrected chi connectivity index (χ4v) is 2.22. The summed E-state index contributed by atoms with van der Waals surface area (Å²) in [6.45, 7) is 9.67. The lowest BCUT2D eigenvalue weighted by Gasteiger charge is -2.28. The molecule has 80 valence electrons. The zero-order chi connectivity index (χ0) is 10.7. The van der Waals surface area contributed by atoms with E-state index in [1.165, 1.54) is 0 Å². The Morgan fingerprint density at radius 2 is 1.92 bits per heavy atom. The molecule has 3 nitrogen and oxygen atoms in total. The van der Waals surface area contributed by atoms with Crippen LogP contribution < -0.4 is 0 Å². The van der Waals surface area contributed by atoms with Gasteiger partial charge < -0.3 is 9.42 Å². The van der Waals surface area contributed by atoms with E-state index in [0.717, 1.165) is 0 Å². The molecule has 0 radical (unpaired) electrons. The second kappa shape index (κ2) is 4.59. The first kappa shape index (κ1) is 13.2. The normalized spacial score (nSPS) is 19.5. The topological polar surface area (TPSA) is 46.5 Å². The predicted octanol–water partition coefficient (Wildman–Crippen LogP) is 3.03. The van der Waals surface area contributed by atoms with E-state index in [1.807, 2.05) is 34.6 Å². The SMILES string of the molecule is CCCP(=O)(O)OC(C)C(C)(C)C. The van der Waals surface area contributed by atoms with Gasteiger partial charge in [0.2, 0.25) is 0 Å². The average molecular weight is 208 g/mol. The van der Waals surface area contributed by atoms with E-state index in [2.05, 4.69) is 0 Å². The maximum atomic E-state index is 11.4. The van der Waals surface area contributed by atoms with Crippen LogP contribution in [-0.4, -0.2) is 17.2 Å². The van der Waals surface area contributed by atoms with Crippen molar-refractivity contribution < 1.29 is 14.0 Å². The van der Waals surface area contributed by atoms with Gasteiger partial charge in [-0.3, -0.25) is 4.57 Å². The van der Waals surface area contributed by atoms with Gasteiger partial charge in [0.15, 0.2) is 0 Å². The summed E-state index contributed by atoms with van der Waals surface area (Å²) in [5.41, 5.74) is -0.0911. The summed E-state index contributed by atoms with van der Waals surface area (Å²) in [7, 11) is -3.35. The largest absolute Gasteiger partial charge is 0.328 e. The van der Waals surface area contributed by atoms with Gasteiger partial charge in [0.25, 0.3) is 0 Å². The first-order chi connectivity index (χ1) is 5.69. The van der Waals surface area contributed by atoms with Gasteiger partial charge in [-0.25, -0.2) is 0 Å². The molecule has 0 rings (SSSR count). The molecule has 0 spiro atoms. The first-order valence-corrected chi connectivity index (χ1v) is 6.45. The molecular formula is C9H21O3P. The third kappa shape index (κ3) is 5.45. The number of hydrogen-bond donors (Lipinski definition) is 1. The maximum absolute atomic E-state index is 11.4. The fourth-order valence-electron chi connectivity index (χ4n) is 0.740. The Morgan fingerprint density at radius 1 is 1.46 bits per heavy atom. The Bertz CT molecular complexity index is 196. The van der Waals surface area contributed by atoms with E-state index >= 15 is 0 Å². The molecule has 0 heterocycles. The number of rotatable bonds is 4. The van der Waals surface area contributed by atoms with Crippen LogP contribution in [0.4, 0.5) is 0 Å². The minimum Gasteiger partial charge on any atom is -0.324 e. The Morgan fingerprint density at radius 3 is 2.23 bits per heavy atom. The van der Waals surface area contributed by atoms with Crippen LogP contribution in [0.25, 0.3) is 0 Å². The minimum atomic E-state index is -3.35. The predicted molar refractivity (Wildman–Crippen MR) is 55.0 cm³/mol. The lowest BCUT2D eigenvalue weighted by atomic mass is 9.91. The minimum absolute atomic E-state index is 0.0911. The van der Waals surface area contributed by atoms with Crippen LogP contribution in [0.3, 0.4) is 0 Å². The molecule has 0 aliphatic rings. The van der Waals surface area contributed by atoms with Crippen molar-refractivity contribution in [2.45, 2.75) is 47.1 Å². The van der Waals surface area contributed by atoms with Crippen LogP contribution in [0, 0.1) is 5.41 Å². The quantitative estimate of drug-likeness (QED) is 0.722. The number of hydrogen-bond acceptors (Lipinski definition) is 2. The summed E-state index contributed by atoms with van der Waals surface area (Å²) in [6.07, 6.45) is 0.716. The lowest BCUT2D eigenvalue weighted by molar-refractivity contribution is 0.0896. The van der Waals surface area contributed by atoms with Gasteiger partial charge in [-0.1, -0.05) is 27.7 Å². The summed E-state index contributed by atoms with van der Waals surface area (Å²) in [5, 5.41) is 0. The van der Waals surface area contributed by atoms with Crippen LogP contribution in [-0.2, 0) is 9.09 Å². The third-order valence-electron chi connectivity index (χ3n) is 2.05. The molecule has 0 bridgehead atoms. The van der Waals surface area contributed by atoms with Crippen LogP contribution >= 0.6 is 7.60 Å². The van der Waals surface area contributed by atoms with E-state index in [-0.39, 0.29) is 17.7 Å².